The molecule has 1 atom stereocenters. The summed E-state index contributed by atoms with van der Waals surface area (Å²) in [5.74, 6) is 2.11. The van der Waals surface area contributed by atoms with Crippen LogP contribution >= 0.6 is 15.9 Å². The lowest BCUT2D eigenvalue weighted by Crippen LogP contribution is -2.26. The second kappa shape index (κ2) is 7.13. The first kappa shape index (κ1) is 13.9. The Bertz CT molecular complexity index is 367. The molecule has 0 bridgehead atoms. The Morgan fingerprint density at radius 3 is 3.06 bits per heavy atom. The van der Waals surface area contributed by atoms with Gasteiger partial charge >= 0.3 is 0 Å². The summed E-state index contributed by atoms with van der Waals surface area (Å²) in [5.41, 5.74) is 1.31. The molecule has 18 heavy (non-hydrogen) atoms. The number of rotatable bonds is 4. The first-order chi connectivity index (χ1) is 8.85. The first-order valence-electron chi connectivity index (χ1n) is 7.10. The number of hydrogen-bond donors (Lipinski definition) is 0. The van der Waals surface area contributed by atoms with E-state index in [4.69, 9.17) is 0 Å². The van der Waals surface area contributed by atoms with E-state index in [1.807, 2.05) is 12.3 Å². The molecule has 0 aromatic carbocycles. The maximum atomic E-state index is 4.58. The monoisotopic (exact) mass is 310 g/mol. The highest BCUT2D eigenvalue weighted by Gasteiger charge is 2.18. The lowest BCUT2D eigenvalue weighted by atomic mass is 9.96. The number of aromatic nitrogens is 1. The lowest BCUT2D eigenvalue weighted by molar-refractivity contribution is 0.435. The maximum Gasteiger partial charge on any atom is 0.132 e. The quantitative estimate of drug-likeness (QED) is 0.767. The summed E-state index contributed by atoms with van der Waals surface area (Å²) >= 11 is 3.56. The highest BCUT2D eigenvalue weighted by Crippen LogP contribution is 2.26. The summed E-state index contributed by atoms with van der Waals surface area (Å²) in [6.07, 6.45) is 8.65. The smallest absolute Gasteiger partial charge is 0.132 e. The summed E-state index contributed by atoms with van der Waals surface area (Å²) in [6, 6.07) is 4.20. The molecule has 2 nitrogen and oxygen atoms in total. The average Bonchev–Trinajstić information content (AvgIpc) is 2.65. The lowest BCUT2D eigenvalue weighted by Gasteiger charge is -2.23. The highest BCUT2D eigenvalue weighted by molar-refractivity contribution is 9.08. The van der Waals surface area contributed by atoms with Crippen molar-refractivity contribution in [2.75, 3.05) is 18.0 Å². The van der Waals surface area contributed by atoms with Crippen molar-refractivity contribution in [3.63, 3.8) is 0 Å². The maximum absolute atomic E-state index is 4.58. The van der Waals surface area contributed by atoms with Crippen LogP contribution in [0.3, 0.4) is 0 Å². The van der Waals surface area contributed by atoms with Gasteiger partial charge in [-0.2, -0.15) is 0 Å². The van der Waals surface area contributed by atoms with Gasteiger partial charge in [0.1, 0.15) is 5.82 Å². The average molecular weight is 311 g/mol. The van der Waals surface area contributed by atoms with Crippen LogP contribution in [0.25, 0.3) is 0 Å². The zero-order chi connectivity index (χ0) is 12.8. The molecule has 1 aromatic rings. The van der Waals surface area contributed by atoms with Gasteiger partial charge in [0.05, 0.1) is 0 Å². The molecule has 2 heterocycles. The molecule has 3 heteroatoms. The van der Waals surface area contributed by atoms with Gasteiger partial charge in [-0.3, -0.25) is 0 Å². The summed E-state index contributed by atoms with van der Waals surface area (Å²) in [5, 5.41) is 0.894. The van der Waals surface area contributed by atoms with Gasteiger partial charge in [-0.15, -0.1) is 0 Å². The second-order valence-electron chi connectivity index (χ2n) is 5.19. The van der Waals surface area contributed by atoms with Gasteiger partial charge in [-0.05, 0) is 31.2 Å². The molecule has 0 N–H and O–H groups in total. The van der Waals surface area contributed by atoms with Crippen LogP contribution in [0.5, 0.6) is 0 Å². The fourth-order valence-corrected chi connectivity index (χ4v) is 3.33. The Morgan fingerprint density at radius 2 is 2.28 bits per heavy atom. The number of halogens is 1. The van der Waals surface area contributed by atoms with Crippen LogP contribution in [0.15, 0.2) is 18.3 Å². The molecule has 0 saturated carbocycles. The molecule has 2 rings (SSSR count). The van der Waals surface area contributed by atoms with Crippen molar-refractivity contribution in [1.29, 1.82) is 0 Å². The van der Waals surface area contributed by atoms with Gasteiger partial charge in [-0.1, -0.05) is 41.8 Å². The molecule has 0 spiro atoms. The van der Waals surface area contributed by atoms with Crippen molar-refractivity contribution in [2.45, 2.75) is 44.4 Å². The standard InChI is InChI=1S/C15H23BrN2/c1-2-5-13-6-4-10-18(11-8-13)15-14(12-16)7-3-9-17-15/h3,7,9,13H,2,4-6,8,10-12H2,1H3. The summed E-state index contributed by atoms with van der Waals surface area (Å²) in [7, 11) is 0. The molecule has 0 radical (unpaired) electrons. The summed E-state index contributed by atoms with van der Waals surface area (Å²) in [6.45, 7) is 4.63. The fraction of sp³-hybridized carbons (Fsp3) is 0.667. The van der Waals surface area contributed by atoms with E-state index in [0.717, 1.165) is 17.8 Å². The van der Waals surface area contributed by atoms with E-state index >= 15 is 0 Å². The van der Waals surface area contributed by atoms with Gasteiger partial charge in [0.2, 0.25) is 0 Å². The van der Waals surface area contributed by atoms with Gasteiger partial charge in [-0.25, -0.2) is 4.98 Å². The molecule has 1 fully saturated rings. The minimum atomic E-state index is 0.894. The van der Waals surface area contributed by atoms with Gasteiger partial charge in [0, 0.05) is 30.2 Å². The Kier molecular flexibility index (Phi) is 5.48. The van der Waals surface area contributed by atoms with E-state index in [9.17, 15) is 0 Å². The van der Waals surface area contributed by atoms with E-state index in [0.29, 0.717) is 0 Å². The van der Waals surface area contributed by atoms with Crippen molar-refractivity contribution < 1.29 is 0 Å². The van der Waals surface area contributed by atoms with E-state index in [-0.39, 0.29) is 0 Å². The zero-order valence-corrected chi connectivity index (χ0v) is 12.8. The third-order valence-electron chi connectivity index (χ3n) is 3.86. The number of nitrogens with zero attached hydrogens (tertiary/aromatic N) is 2. The van der Waals surface area contributed by atoms with Crippen LogP contribution in [0.1, 0.15) is 44.6 Å². The van der Waals surface area contributed by atoms with Gasteiger partial charge in [0.15, 0.2) is 0 Å². The first-order valence-corrected chi connectivity index (χ1v) is 8.22. The minimum absolute atomic E-state index is 0.894. The third-order valence-corrected chi connectivity index (χ3v) is 4.46. The topological polar surface area (TPSA) is 16.1 Å². The molecule has 1 unspecified atom stereocenters. The Balaban J connectivity index is 2.05. The van der Waals surface area contributed by atoms with Crippen molar-refractivity contribution in [1.82, 2.24) is 4.98 Å². The summed E-state index contributed by atoms with van der Waals surface area (Å²) in [4.78, 5) is 7.06. The Labute approximate surface area is 119 Å². The minimum Gasteiger partial charge on any atom is -0.356 e. The predicted molar refractivity (Wildman–Crippen MR) is 81.3 cm³/mol. The molecule has 1 aliphatic heterocycles. The van der Waals surface area contributed by atoms with Crippen LogP contribution in [0.2, 0.25) is 0 Å². The molecular formula is C15H23BrN2. The number of anilines is 1. The van der Waals surface area contributed by atoms with Crippen molar-refractivity contribution >= 4 is 21.7 Å². The van der Waals surface area contributed by atoms with E-state index in [1.165, 1.54) is 50.0 Å². The van der Waals surface area contributed by atoms with Gasteiger partial charge < -0.3 is 4.90 Å². The van der Waals surface area contributed by atoms with E-state index < -0.39 is 0 Å². The molecule has 0 amide bonds. The van der Waals surface area contributed by atoms with E-state index in [1.54, 1.807) is 0 Å². The highest BCUT2D eigenvalue weighted by atomic mass is 79.9. The Morgan fingerprint density at radius 1 is 1.39 bits per heavy atom. The van der Waals surface area contributed by atoms with Crippen molar-refractivity contribution in [3.05, 3.63) is 23.9 Å². The van der Waals surface area contributed by atoms with E-state index in [2.05, 4.69) is 38.8 Å². The molecular weight excluding hydrogens is 288 g/mol. The van der Waals surface area contributed by atoms with Crippen LogP contribution < -0.4 is 4.90 Å². The Hall–Kier alpha value is -0.570. The molecule has 1 saturated heterocycles. The number of pyridine rings is 1. The van der Waals surface area contributed by atoms with Crippen molar-refractivity contribution in [2.24, 2.45) is 5.92 Å². The molecule has 0 aliphatic carbocycles. The number of alkyl halides is 1. The molecule has 1 aliphatic rings. The van der Waals surface area contributed by atoms with Crippen LogP contribution in [0, 0.1) is 5.92 Å². The fourth-order valence-electron chi connectivity index (χ4n) is 2.89. The van der Waals surface area contributed by atoms with Crippen molar-refractivity contribution in [3.8, 4) is 0 Å². The third kappa shape index (κ3) is 3.47. The number of hydrogen-bond acceptors (Lipinski definition) is 2. The van der Waals surface area contributed by atoms with Gasteiger partial charge in [0.25, 0.3) is 0 Å². The second-order valence-corrected chi connectivity index (χ2v) is 5.75. The van der Waals surface area contributed by atoms with Crippen LogP contribution in [-0.4, -0.2) is 18.1 Å². The largest absolute Gasteiger partial charge is 0.356 e. The molecule has 100 valence electrons. The van der Waals surface area contributed by atoms with Crippen LogP contribution in [-0.2, 0) is 5.33 Å². The zero-order valence-electron chi connectivity index (χ0n) is 11.2. The SMILES string of the molecule is CCCC1CCCN(c2ncccc2CBr)CC1. The normalized spacial score (nSPS) is 20.8. The molecule has 1 aromatic heterocycles. The van der Waals surface area contributed by atoms with Crippen LogP contribution in [0.4, 0.5) is 5.82 Å². The summed E-state index contributed by atoms with van der Waals surface area (Å²) < 4.78 is 0. The predicted octanol–water partition coefficient (Wildman–Crippen LogP) is 4.38.